The lowest BCUT2D eigenvalue weighted by Gasteiger charge is -2.05. The van der Waals surface area contributed by atoms with Gasteiger partial charge in [0, 0.05) is 13.1 Å². The molecule has 1 aromatic rings. The summed E-state index contributed by atoms with van der Waals surface area (Å²) in [4.78, 5) is 0.405. The highest BCUT2D eigenvalue weighted by molar-refractivity contribution is 7.91. The maximum Gasteiger partial charge on any atom is 0.178 e. The molecular weight excluding hydrogens is 238 g/mol. The molecule has 0 heterocycles. The van der Waals surface area contributed by atoms with E-state index in [1.165, 1.54) is 5.06 Å². The van der Waals surface area contributed by atoms with Crippen LogP contribution in [0.3, 0.4) is 0 Å². The van der Waals surface area contributed by atoms with E-state index in [0.29, 0.717) is 4.90 Å². The highest BCUT2D eigenvalue weighted by atomic mass is 32.2. The van der Waals surface area contributed by atoms with Crippen molar-refractivity contribution >= 4 is 9.84 Å². The van der Waals surface area contributed by atoms with E-state index in [-0.39, 0.29) is 5.75 Å². The lowest BCUT2D eigenvalue weighted by atomic mass is 10.4. The summed E-state index contributed by atoms with van der Waals surface area (Å²) in [5.74, 6) is 0.164. The molecule has 0 fully saturated rings. The standard InChI is InChI=1S/C8H10O2S.C4H11NO/c1-2-11(9,10)8-6-4-3-5-7-8;1-3-5(6)4-2/h3-7H,2H2,1H3;6H,3-4H2,1-2H3. The summed E-state index contributed by atoms with van der Waals surface area (Å²) >= 11 is 0. The molecule has 17 heavy (non-hydrogen) atoms. The second-order valence-corrected chi connectivity index (χ2v) is 5.63. The molecule has 0 spiro atoms. The minimum Gasteiger partial charge on any atom is -0.314 e. The second-order valence-electron chi connectivity index (χ2n) is 3.36. The Morgan fingerprint density at radius 2 is 1.53 bits per heavy atom. The van der Waals surface area contributed by atoms with Crippen LogP contribution in [0.25, 0.3) is 0 Å². The first-order valence-corrected chi connectivity index (χ1v) is 7.34. The fourth-order valence-corrected chi connectivity index (χ4v) is 1.92. The van der Waals surface area contributed by atoms with Gasteiger partial charge in [-0.3, -0.25) is 0 Å². The minimum absolute atomic E-state index is 0.164. The summed E-state index contributed by atoms with van der Waals surface area (Å²) in [7, 11) is -3.00. The highest BCUT2D eigenvalue weighted by Crippen LogP contribution is 2.08. The lowest BCUT2D eigenvalue weighted by molar-refractivity contribution is -0.0813. The first-order chi connectivity index (χ1) is 7.97. The van der Waals surface area contributed by atoms with Crippen molar-refractivity contribution in [3.05, 3.63) is 30.3 Å². The summed E-state index contributed by atoms with van der Waals surface area (Å²) in [6.45, 7) is 6.89. The Morgan fingerprint density at radius 1 is 1.06 bits per heavy atom. The van der Waals surface area contributed by atoms with Crippen molar-refractivity contribution in [3.63, 3.8) is 0 Å². The average molecular weight is 259 g/mol. The predicted molar refractivity (Wildman–Crippen MR) is 68.9 cm³/mol. The molecule has 0 aliphatic heterocycles. The van der Waals surface area contributed by atoms with E-state index in [2.05, 4.69) is 0 Å². The van der Waals surface area contributed by atoms with Crippen molar-refractivity contribution in [1.82, 2.24) is 5.06 Å². The van der Waals surface area contributed by atoms with Crippen LogP contribution in [0.2, 0.25) is 0 Å². The molecule has 0 aromatic heterocycles. The molecule has 0 aliphatic rings. The van der Waals surface area contributed by atoms with Gasteiger partial charge in [0.1, 0.15) is 0 Å². The van der Waals surface area contributed by atoms with Gasteiger partial charge in [0.15, 0.2) is 9.84 Å². The van der Waals surface area contributed by atoms with Gasteiger partial charge < -0.3 is 5.21 Å². The first kappa shape index (κ1) is 16.1. The molecule has 1 aromatic carbocycles. The van der Waals surface area contributed by atoms with E-state index < -0.39 is 9.84 Å². The molecule has 5 heteroatoms. The molecule has 4 nitrogen and oxygen atoms in total. The van der Waals surface area contributed by atoms with Gasteiger partial charge in [-0.1, -0.05) is 39.0 Å². The highest BCUT2D eigenvalue weighted by Gasteiger charge is 2.08. The van der Waals surface area contributed by atoms with Crippen LogP contribution < -0.4 is 0 Å². The van der Waals surface area contributed by atoms with Gasteiger partial charge in [-0.05, 0) is 12.1 Å². The van der Waals surface area contributed by atoms with Crippen LogP contribution in [-0.4, -0.2) is 37.5 Å². The number of nitrogens with zero attached hydrogens (tertiary/aromatic N) is 1. The van der Waals surface area contributed by atoms with Crippen molar-refractivity contribution < 1.29 is 13.6 Å². The topological polar surface area (TPSA) is 57.6 Å². The second kappa shape index (κ2) is 8.22. The Kier molecular flexibility index (Phi) is 7.78. The van der Waals surface area contributed by atoms with Crippen LogP contribution >= 0.6 is 0 Å². The molecule has 0 aliphatic carbocycles. The number of rotatable bonds is 4. The molecule has 98 valence electrons. The van der Waals surface area contributed by atoms with Gasteiger partial charge in [0.25, 0.3) is 0 Å². The van der Waals surface area contributed by atoms with Crippen LogP contribution in [0.5, 0.6) is 0 Å². The number of hydrogen-bond acceptors (Lipinski definition) is 4. The Morgan fingerprint density at radius 3 is 1.82 bits per heavy atom. The monoisotopic (exact) mass is 259 g/mol. The summed E-state index contributed by atoms with van der Waals surface area (Å²) < 4.78 is 22.4. The molecule has 1 rings (SSSR count). The Bertz CT molecular complexity index is 385. The summed E-state index contributed by atoms with van der Waals surface area (Å²) in [6.07, 6.45) is 0. The van der Waals surface area contributed by atoms with Crippen LogP contribution in [0.4, 0.5) is 0 Å². The minimum atomic E-state index is -3.00. The van der Waals surface area contributed by atoms with Gasteiger partial charge in [0.05, 0.1) is 10.6 Å². The molecule has 0 amide bonds. The maximum atomic E-state index is 11.2. The molecule has 0 saturated heterocycles. The maximum absolute atomic E-state index is 11.2. The third-order valence-electron chi connectivity index (χ3n) is 2.21. The third-order valence-corrected chi connectivity index (χ3v) is 3.96. The third kappa shape index (κ3) is 6.41. The largest absolute Gasteiger partial charge is 0.314 e. The summed E-state index contributed by atoms with van der Waals surface area (Å²) in [5.41, 5.74) is 0. The predicted octanol–water partition coefficient (Wildman–Crippen LogP) is 2.20. The number of sulfone groups is 1. The molecule has 0 saturated carbocycles. The number of hydrogen-bond donors (Lipinski definition) is 1. The van der Waals surface area contributed by atoms with Gasteiger partial charge in [-0.25, -0.2) is 8.42 Å². The molecule has 0 atom stereocenters. The SMILES string of the molecule is CCN(O)CC.CCS(=O)(=O)c1ccccc1. The van der Waals surface area contributed by atoms with Crippen LogP contribution in [0, 0.1) is 0 Å². The number of hydroxylamine groups is 2. The van der Waals surface area contributed by atoms with Crippen LogP contribution in [0.15, 0.2) is 35.2 Å². The summed E-state index contributed by atoms with van der Waals surface area (Å²) in [6, 6.07) is 8.47. The smallest absolute Gasteiger partial charge is 0.178 e. The molecule has 1 N–H and O–H groups in total. The molecular formula is C12H21NO3S. The average Bonchev–Trinajstić information content (AvgIpc) is 2.39. The van der Waals surface area contributed by atoms with E-state index in [1.807, 2.05) is 13.8 Å². The van der Waals surface area contributed by atoms with Crippen LogP contribution in [0.1, 0.15) is 20.8 Å². The lowest BCUT2D eigenvalue weighted by Crippen LogP contribution is -2.16. The zero-order valence-corrected chi connectivity index (χ0v) is 11.4. The van der Waals surface area contributed by atoms with Gasteiger partial charge >= 0.3 is 0 Å². The first-order valence-electron chi connectivity index (χ1n) is 5.69. The van der Waals surface area contributed by atoms with E-state index in [1.54, 1.807) is 37.3 Å². The fourth-order valence-electron chi connectivity index (χ4n) is 1.02. The Labute approximate surface area is 104 Å². The molecule has 0 bridgehead atoms. The van der Waals surface area contributed by atoms with Crippen molar-refractivity contribution in [2.75, 3.05) is 18.8 Å². The molecule has 0 unspecified atom stereocenters. The number of benzene rings is 1. The van der Waals surface area contributed by atoms with E-state index in [4.69, 9.17) is 5.21 Å². The Balaban J connectivity index is 0.000000366. The van der Waals surface area contributed by atoms with Gasteiger partial charge in [0.2, 0.25) is 0 Å². The van der Waals surface area contributed by atoms with E-state index in [9.17, 15) is 8.42 Å². The van der Waals surface area contributed by atoms with Gasteiger partial charge in [-0.15, -0.1) is 0 Å². The zero-order valence-electron chi connectivity index (χ0n) is 10.6. The van der Waals surface area contributed by atoms with E-state index in [0.717, 1.165) is 13.1 Å². The summed E-state index contributed by atoms with van der Waals surface area (Å²) in [5, 5.41) is 9.75. The molecule has 0 radical (unpaired) electrons. The van der Waals surface area contributed by atoms with Crippen molar-refractivity contribution in [2.45, 2.75) is 25.7 Å². The van der Waals surface area contributed by atoms with Crippen molar-refractivity contribution in [1.29, 1.82) is 0 Å². The quantitative estimate of drug-likeness (QED) is 0.842. The van der Waals surface area contributed by atoms with E-state index >= 15 is 0 Å². The Hall–Kier alpha value is -0.910. The van der Waals surface area contributed by atoms with Crippen molar-refractivity contribution in [3.8, 4) is 0 Å². The van der Waals surface area contributed by atoms with Gasteiger partial charge in [-0.2, -0.15) is 5.06 Å². The normalized spacial score (nSPS) is 10.9. The zero-order chi connectivity index (χ0) is 13.3. The fraction of sp³-hybridized carbons (Fsp3) is 0.500. The van der Waals surface area contributed by atoms with Crippen LogP contribution in [-0.2, 0) is 9.84 Å². The van der Waals surface area contributed by atoms with Crippen molar-refractivity contribution in [2.24, 2.45) is 0 Å².